The van der Waals surface area contributed by atoms with Gasteiger partial charge in [-0.15, -0.1) is 0 Å². The average molecular weight is 254 g/mol. The number of aliphatic hydroxyl groups excluding tert-OH is 1. The van der Waals surface area contributed by atoms with Crippen molar-refractivity contribution in [3.8, 4) is 5.75 Å². The van der Waals surface area contributed by atoms with Crippen molar-refractivity contribution in [2.75, 3.05) is 14.2 Å². The number of rotatable bonds is 5. The van der Waals surface area contributed by atoms with Crippen LogP contribution in [-0.4, -0.2) is 24.9 Å². The molecule has 0 bridgehead atoms. The summed E-state index contributed by atoms with van der Waals surface area (Å²) in [7, 11) is 3.06. The zero-order chi connectivity index (χ0) is 13.2. The second-order valence-electron chi connectivity index (χ2n) is 4.82. The summed E-state index contributed by atoms with van der Waals surface area (Å²) >= 11 is 0. The normalized spacial score (nSPS) is 19.1. The number of halogens is 1. The van der Waals surface area contributed by atoms with Gasteiger partial charge in [0, 0.05) is 19.1 Å². The zero-order valence-corrected chi connectivity index (χ0v) is 10.8. The summed E-state index contributed by atoms with van der Waals surface area (Å²) in [5.41, 5.74) is -0.00718. The van der Waals surface area contributed by atoms with Crippen LogP contribution in [0.25, 0.3) is 0 Å². The Hall–Kier alpha value is -1.13. The van der Waals surface area contributed by atoms with Crippen molar-refractivity contribution in [2.24, 2.45) is 0 Å². The van der Waals surface area contributed by atoms with E-state index in [1.165, 1.54) is 7.11 Å². The van der Waals surface area contributed by atoms with Gasteiger partial charge in [-0.3, -0.25) is 0 Å². The molecule has 100 valence electrons. The van der Waals surface area contributed by atoms with Gasteiger partial charge in [-0.05, 0) is 25.3 Å². The number of benzene rings is 1. The first-order valence-corrected chi connectivity index (χ1v) is 6.17. The molecule has 1 aliphatic carbocycles. The molecule has 4 heteroatoms. The molecule has 0 spiro atoms. The highest BCUT2D eigenvalue weighted by atomic mass is 19.1. The summed E-state index contributed by atoms with van der Waals surface area (Å²) in [5, 5.41) is 10.2. The molecule has 0 heterocycles. The fourth-order valence-corrected chi connectivity index (χ4v) is 2.47. The first kappa shape index (κ1) is 13.3. The summed E-state index contributed by atoms with van der Waals surface area (Å²) in [6, 6.07) is 4.81. The molecule has 1 N–H and O–H groups in total. The van der Waals surface area contributed by atoms with E-state index in [-0.39, 0.29) is 16.9 Å². The first-order chi connectivity index (χ1) is 8.62. The van der Waals surface area contributed by atoms with Gasteiger partial charge < -0.3 is 14.6 Å². The minimum absolute atomic E-state index is 0.159. The molecule has 1 saturated carbocycles. The summed E-state index contributed by atoms with van der Waals surface area (Å²) in [6.45, 7) is 0. The minimum atomic E-state index is -0.861. The Labute approximate surface area is 107 Å². The van der Waals surface area contributed by atoms with Crippen molar-refractivity contribution < 1.29 is 19.0 Å². The van der Waals surface area contributed by atoms with E-state index in [0.29, 0.717) is 6.42 Å². The van der Waals surface area contributed by atoms with Crippen LogP contribution in [0.4, 0.5) is 4.39 Å². The molecule has 0 aromatic heterocycles. The molecule has 1 atom stereocenters. The van der Waals surface area contributed by atoms with Crippen LogP contribution in [0.3, 0.4) is 0 Å². The molecule has 0 amide bonds. The highest BCUT2D eigenvalue weighted by Gasteiger charge is 2.39. The van der Waals surface area contributed by atoms with Crippen LogP contribution >= 0.6 is 0 Å². The molecule has 0 radical (unpaired) electrons. The summed E-state index contributed by atoms with van der Waals surface area (Å²) < 4.78 is 24.4. The van der Waals surface area contributed by atoms with Gasteiger partial charge in [-0.25, -0.2) is 4.39 Å². The monoisotopic (exact) mass is 254 g/mol. The van der Waals surface area contributed by atoms with Crippen LogP contribution in [0, 0.1) is 5.82 Å². The number of methoxy groups -OCH3 is 2. The van der Waals surface area contributed by atoms with Gasteiger partial charge >= 0.3 is 0 Å². The lowest BCUT2D eigenvalue weighted by molar-refractivity contribution is -0.100. The second-order valence-corrected chi connectivity index (χ2v) is 4.82. The number of hydrogen-bond donors (Lipinski definition) is 1. The Balaban J connectivity index is 2.16. The fourth-order valence-electron chi connectivity index (χ4n) is 2.47. The number of aliphatic hydroxyl groups is 1. The number of hydrogen-bond acceptors (Lipinski definition) is 3. The predicted octanol–water partition coefficient (Wildman–Crippen LogP) is 2.83. The van der Waals surface area contributed by atoms with Crippen molar-refractivity contribution in [3.05, 3.63) is 29.6 Å². The predicted molar refractivity (Wildman–Crippen MR) is 66.1 cm³/mol. The molecule has 1 fully saturated rings. The lowest BCUT2D eigenvalue weighted by Gasteiger charge is -2.41. The molecule has 1 unspecified atom stereocenters. The Kier molecular flexibility index (Phi) is 3.88. The zero-order valence-electron chi connectivity index (χ0n) is 10.8. The van der Waals surface area contributed by atoms with Crippen LogP contribution in [0.2, 0.25) is 0 Å². The van der Waals surface area contributed by atoms with E-state index in [1.807, 2.05) is 0 Å². The molecule has 1 aliphatic rings. The molecule has 3 nitrogen and oxygen atoms in total. The smallest absolute Gasteiger partial charge is 0.170 e. The summed E-state index contributed by atoms with van der Waals surface area (Å²) in [6.07, 6.45) is 2.51. The van der Waals surface area contributed by atoms with E-state index < -0.39 is 11.9 Å². The van der Waals surface area contributed by atoms with Crippen LogP contribution in [-0.2, 0) is 4.74 Å². The van der Waals surface area contributed by atoms with Crippen LogP contribution in [0.1, 0.15) is 37.4 Å². The standard InChI is InChI=1S/C14H19FO3/c1-17-12-6-3-5-10(13(12)15)11(16)9-14(18-2)7-4-8-14/h3,5-6,11,16H,4,7-9H2,1-2H3. The van der Waals surface area contributed by atoms with E-state index in [4.69, 9.17) is 9.47 Å². The van der Waals surface area contributed by atoms with E-state index in [2.05, 4.69) is 0 Å². The molecule has 2 rings (SSSR count). The van der Waals surface area contributed by atoms with Gasteiger partial charge in [0.1, 0.15) is 0 Å². The minimum Gasteiger partial charge on any atom is -0.494 e. The van der Waals surface area contributed by atoms with Crippen molar-refractivity contribution in [2.45, 2.75) is 37.4 Å². The molecule has 18 heavy (non-hydrogen) atoms. The largest absolute Gasteiger partial charge is 0.494 e. The van der Waals surface area contributed by atoms with Crippen LogP contribution in [0.15, 0.2) is 18.2 Å². The van der Waals surface area contributed by atoms with Gasteiger partial charge in [0.05, 0.1) is 18.8 Å². The van der Waals surface area contributed by atoms with Crippen LogP contribution in [0.5, 0.6) is 5.75 Å². The average Bonchev–Trinajstić information content (AvgIpc) is 2.34. The van der Waals surface area contributed by atoms with Gasteiger partial charge in [-0.1, -0.05) is 12.1 Å². The second kappa shape index (κ2) is 5.24. The Morgan fingerprint density at radius 1 is 1.39 bits per heavy atom. The molecule has 1 aromatic rings. The fraction of sp³-hybridized carbons (Fsp3) is 0.571. The lowest BCUT2D eigenvalue weighted by Crippen LogP contribution is -2.40. The third kappa shape index (κ3) is 2.35. The Morgan fingerprint density at radius 3 is 2.61 bits per heavy atom. The molecular weight excluding hydrogens is 235 g/mol. The van der Waals surface area contributed by atoms with E-state index in [1.54, 1.807) is 25.3 Å². The van der Waals surface area contributed by atoms with E-state index in [9.17, 15) is 9.50 Å². The topological polar surface area (TPSA) is 38.7 Å². The summed E-state index contributed by atoms with van der Waals surface area (Å²) in [4.78, 5) is 0. The van der Waals surface area contributed by atoms with E-state index >= 15 is 0 Å². The SMILES string of the molecule is COc1cccc(C(O)CC2(OC)CCC2)c1F. The van der Waals surface area contributed by atoms with Crippen LogP contribution < -0.4 is 4.74 Å². The third-order valence-corrected chi connectivity index (χ3v) is 3.84. The maximum absolute atomic E-state index is 14.0. The number of ether oxygens (including phenoxy) is 2. The van der Waals surface area contributed by atoms with Gasteiger partial charge in [0.25, 0.3) is 0 Å². The lowest BCUT2D eigenvalue weighted by atomic mass is 9.75. The molecule has 0 aliphatic heterocycles. The summed E-state index contributed by atoms with van der Waals surface area (Å²) in [5.74, 6) is -0.329. The van der Waals surface area contributed by atoms with Crippen molar-refractivity contribution in [1.82, 2.24) is 0 Å². The van der Waals surface area contributed by atoms with Crippen molar-refractivity contribution in [3.63, 3.8) is 0 Å². The Morgan fingerprint density at radius 2 is 2.11 bits per heavy atom. The van der Waals surface area contributed by atoms with Gasteiger partial charge in [-0.2, -0.15) is 0 Å². The van der Waals surface area contributed by atoms with Gasteiger partial charge in [0.2, 0.25) is 0 Å². The maximum atomic E-state index is 14.0. The van der Waals surface area contributed by atoms with Crippen molar-refractivity contribution >= 4 is 0 Å². The highest BCUT2D eigenvalue weighted by molar-refractivity contribution is 5.32. The molecular formula is C14H19FO3. The maximum Gasteiger partial charge on any atom is 0.170 e. The molecule has 0 saturated heterocycles. The van der Waals surface area contributed by atoms with Crippen molar-refractivity contribution in [1.29, 1.82) is 0 Å². The Bertz CT molecular complexity index is 410. The van der Waals surface area contributed by atoms with E-state index in [0.717, 1.165) is 19.3 Å². The third-order valence-electron chi connectivity index (χ3n) is 3.84. The molecule has 1 aromatic carbocycles. The highest BCUT2D eigenvalue weighted by Crippen LogP contribution is 2.42. The van der Waals surface area contributed by atoms with Gasteiger partial charge in [0.15, 0.2) is 11.6 Å². The first-order valence-electron chi connectivity index (χ1n) is 6.17. The quantitative estimate of drug-likeness (QED) is 0.878.